The van der Waals surface area contributed by atoms with E-state index in [4.69, 9.17) is 11.6 Å². The highest BCUT2D eigenvalue weighted by Gasteiger charge is 2.31. The summed E-state index contributed by atoms with van der Waals surface area (Å²) in [6, 6.07) is 18.3. The molecule has 0 radical (unpaired) electrons. The Morgan fingerprint density at radius 1 is 1.05 bits per heavy atom. The Labute approximate surface area is 130 Å². The molecule has 1 aliphatic carbocycles. The van der Waals surface area contributed by atoms with Gasteiger partial charge in [-0.15, -0.1) is 0 Å². The van der Waals surface area contributed by atoms with Crippen molar-refractivity contribution in [1.29, 1.82) is 0 Å². The van der Waals surface area contributed by atoms with Crippen LogP contribution in [0.15, 0.2) is 54.6 Å². The first kappa shape index (κ1) is 14.6. The minimum atomic E-state index is -0.439. The van der Waals surface area contributed by atoms with E-state index >= 15 is 0 Å². The standard InChI is InChI=1S/C18H20ClNO/c19-17-9-5-4-8-16(17)14-10-15(11-14)20-12-18(21)13-6-2-1-3-7-13/h1-9,14-15,18,20-21H,10-12H2. The van der Waals surface area contributed by atoms with E-state index in [-0.39, 0.29) is 0 Å². The summed E-state index contributed by atoms with van der Waals surface area (Å²) in [6.07, 6.45) is 1.74. The molecule has 3 heteroatoms. The van der Waals surface area contributed by atoms with E-state index < -0.39 is 6.10 Å². The lowest BCUT2D eigenvalue weighted by Crippen LogP contribution is -2.41. The Bertz CT molecular complexity index is 581. The van der Waals surface area contributed by atoms with Gasteiger partial charge in [-0.2, -0.15) is 0 Å². The highest BCUT2D eigenvalue weighted by molar-refractivity contribution is 6.31. The summed E-state index contributed by atoms with van der Waals surface area (Å²) < 4.78 is 0. The van der Waals surface area contributed by atoms with E-state index in [9.17, 15) is 5.11 Å². The fourth-order valence-electron chi connectivity index (χ4n) is 2.92. The number of hydrogen-bond acceptors (Lipinski definition) is 2. The Morgan fingerprint density at radius 3 is 2.43 bits per heavy atom. The van der Waals surface area contributed by atoms with Gasteiger partial charge in [0, 0.05) is 17.6 Å². The van der Waals surface area contributed by atoms with Gasteiger partial charge < -0.3 is 10.4 Å². The second kappa shape index (κ2) is 6.61. The molecule has 1 atom stereocenters. The van der Waals surface area contributed by atoms with Gasteiger partial charge in [-0.25, -0.2) is 0 Å². The molecule has 2 aromatic rings. The first-order chi connectivity index (χ1) is 10.2. The quantitative estimate of drug-likeness (QED) is 0.877. The van der Waals surface area contributed by atoms with Crippen LogP contribution in [0.1, 0.15) is 36.0 Å². The lowest BCUT2D eigenvalue weighted by molar-refractivity contribution is 0.157. The number of halogens is 1. The molecule has 2 nitrogen and oxygen atoms in total. The molecule has 21 heavy (non-hydrogen) atoms. The second-order valence-electron chi connectivity index (χ2n) is 5.72. The van der Waals surface area contributed by atoms with Gasteiger partial charge in [0.2, 0.25) is 0 Å². The predicted octanol–water partition coefficient (Wildman–Crippen LogP) is 3.91. The van der Waals surface area contributed by atoms with Crippen LogP contribution in [0.3, 0.4) is 0 Å². The van der Waals surface area contributed by atoms with Crippen LogP contribution < -0.4 is 5.32 Å². The first-order valence-electron chi connectivity index (χ1n) is 7.45. The third-order valence-corrected chi connectivity index (χ3v) is 4.61. The number of aliphatic hydroxyl groups excluding tert-OH is 1. The molecule has 1 unspecified atom stereocenters. The molecule has 3 rings (SSSR count). The Hall–Kier alpha value is -1.35. The summed E-state index contributed by atoms with van der Waals surface area (Å²) in [4.78, 5) is 0. The third kappa shape index (κ3) is 3.46. The molecule has 0 amide bonds. The van der Waals surface area contributed by atoms with Crippen molar-refractivity contribution in [3.05, 3.63) is 70.7 Å². The Balaban J connectivity index is 1.46. The van der Waals surface area contributed by atoms with Crippen LogP contribution >= 0.6 is 11.6 Å². The van der Waals surface area contributed by atoms with Crippen molar-refractivity contribution >= 4 is 11.6 Å². The van der Waals surface area contributed by atoms with Crippen molar-refractivity contribution in [3.63, 3.8) is 0 Å². The first-order valence-corrected chi connectivity index (χ1v) is 7.82. The number of hydrogen-bond donors (Lipinski definition) is 2. The molecule has 0 aromatic heterocycles. The van der Waals surface area contributed by atoms with Gasteiger partial charge >= 0.3 is 0 Å². The van der Waals surface area contributed by atoms with Crippen LogP contribution in [0, 0.1) is 0 Å². The number of rotatable bonds is 5. The predicted molar refractivity (Wildman–Crippen MR) is 86.6 cm³/mol. The van der Waals surface area contributed by atoms with Crippen LogP contribution in [-0.2, 0) is 0 Å². The number of benzene rings is 2. The topological polar surface area (TPSA) is 32.3 Å². The molecular formula is C18H20ClNO. The monoisotopic (exact) mass is 301 g/mol. The minimum Gasteiger partial charge on any atom is -0.387 e. The molecule has 2 N–H and O–H groups in total. The van der Waals surface area contributed by atoms with Crippen LogP contribution in [0.2, 0.25) is 5.02 Å². The van der Waals surface area contributed by atoms with Crippen molar-refractivity contribution in [2.45, 2.75) is 30.9 Å². The van der Waals surface area contributed by atoms with Crippen LogP contribution in [-0.4, -0.2) is 17.7 Å². The van der Waals surface area contributed by atoms with E-state index in [0.717, 1.165) is 23.4 Å². The Kier molecular flexibility index (Phi) is 4.59. The molecule has 0 spiro atoms. The van der Waals surface area contributed by atoms with Gasteiger partial charge in [-0.1, -0.05) is 60.1 Å². The van der Waals surface area contributed by atoms with E-state index in [1.165, 1.54) is 5.56 Å². The van der Waals surface area contributed by atoms with Gasteiger partial charge in [-0.05, 0) is 36.0 Å². The Morgan fingerprint density at radius 2 is 1.71 bits per heavy atom. The fraction of sp³-hybridized carbons (Fsp3) is 0.333. The van der Waals surface area contributed by atoms with E-state index in [2.05, 4.69) is 11.4 Å². The van der Waals surface area contributed by atoms with Gasteiger partial charge in [0.1, 0.15) is 0 Å². The average molecular weight is 302 g/mol. The summed E-state index contributed by atoms with van der Waals surface area (Å²) in [5.41, 5.74) is 2.22. The molecule has 2 aromatic carbocycles. The minimum absolute atomic E-state index is 0.439. The van der Waals surface area contributed by atoms with Crippen molar-refractivity contribution in [1.82, 2.24) is 5.32 Å². The maximum atomic E-state index is 10.1. The highest BCUT2D eigenvalue weighted by Crippen LogP contribution is 2.39. The molecule has 1 aliphatic rings. The van der Waals surface area contributed by atoms with Crippen LogP contribution in [0.25, 0.3) is 0 Å². The van der Waals surface area contributed by atoms with E-state index in [0.29, 0.717) is 18.5 Å². The molecule has 0 heterocycles. The second-order valence-corrected chi connectivity index (χ2v) is 6.13. The largest absolute Gasteiger partial charge is 0.387 e. The lowest BCUT2D eigenvalue weighted by atomic mass is 9.76. The molecule has 110 valence electrons. The highest BCUT2D eigenvalue weighted by atomic mass is 35.5. The molecular weight excluding hydrogens is 282 g/mol. The van der Waals surface area contributed by atoms with Crippen molar-refractivity contribution in [3.8, 4) is 0 Å². The van der Waals surface area contributed by atoms with Gasteiger partial charge in [-0.3, -0.25) is 0 Å². The van der Waals surface area contributed by atoms with E-state index in [1.54, 1.807) is 0 Å². The maximum Gasteiger partial charge on any atom is 0.0914 e. The van der Waals surface area contributed by atoms with Gasteiger partial charge in [0.25, 0.3) is 0 Å². The van der Waals surface area contributed by atoms with Crippen molar-refractivity contribution < 1.29 is 5.11 Å². The van der Waals surface area contributed by atoms with Crippen LogP contribution in [0.5, 0.6) is 0 Å². The summed E-state index contributed by atoms with van der Waals surface area (Å²) >= 11 is 6.23. The number of aliphatic hydroxyl groups is 1. The molecule has 1 saturated carbocycles. The maximum absolute atomic E-state index is 10.1. The SMILES string of the molecule is OC(CNC1CC(c2ccccc2Cl)C1)c1ccccc1. The summed E-state index contributed by atoms with van der Waals surface area (Å²) in [7, 11) is 0. The fourth-order valence-corrected chi connectivity index (χ4v) is 3.21. The molecule has 0 aliphatic heterocycles. The van der Waals surface area contributed by atoms with Crippen molar-refractivity contribution in [2.75, 3.05) is 6.54 Å². The smallest absolute Gasteiger partial charge is 0.0914 e. The van der Waals surface area contributed by atoms with Crippen LogP contribution in [0.4, 0.5) is 0 Å². The molecule has 0 bridgehead atoms. The summed E-state index contributed by atoms with van der Waals surface area (Å²) in [5.74, 6) is 0.546. The summed E-state index contributed by atoms with van der Waals surface area (Å²) in [5, 5.41) is 14.4. The van der Waals surface area contributed by atoms with Crippen molar-refractivity contribution in [2.24, 2.45) is 0 Å². The zero-order chi connectivity index (χ0) is 14.7. The van der Waals surface area contributed by atoms with Gasteiger partial charge in [0.15, 0.2) is 0 Å². The number of nitrogens with one attached hydrogen (secondary N) is 1. The molecule has 0 saturated heterocycles. The normalized spacial score (nSPS) is 22.6. The molecule has 1 fully saturated rings. The zero-order valence-corrected chi connectivity index (χ0v) is 12.6. The van der Waals surface area contributed by atoms with E-state index in [1.807, 2.05) is 48.5 Å². The third-order valence-electron chi connectivity index (χ3n) is 4.27. The lowest BCUT2D eigenvalue weighted by Gasteiger charge is -2.37. The zero-order valence-electron chi connectivity index (χ0n) is 11.9. The average Bonchev–Trinajstić information content (AvgIpc) is 2.48. The summed E-state index contributed by atoms with van der Waals surface area (Å²) in [6.45, 7) is 0.601. The van der Waals surface area contributed by atoms with Gasteiger partial charge in [0.05, 0.1) is 6.10 Å².